The topological polar surface area (TPSA) is 94.1 Å². The van der Waals surface area contributed by atoms with Gasteiger partial charge in [-0.1, -0.05) is 114 Å². The number of carbonyl (C=O) groups is 1. The highest BCUT2D eigenvalue weighted by atomic mass is 31.2. The average molecular weight is 698 g/mol. The number of esters is 1. The molecule has 0 aromatic rings. The fourth-order valence-electron chi connectivity index (χ4n) is 4.68. The summed E-state index contributed by atoms with van der Waals surface area (Å²) in [6, 6.07) is 0. The molecule has 280 valence electrons. The third kappa shape index (κ3) is 35.8. The number of phosphoric acid groups is 1. The second-order valence-electron chi connectivity index (χ2n) is 13.5. The molecule has 8 nitrogen and oxygen atoms in total. The van der Waals surface area contributed by atoms with E-state index in [1.165, 1.54) is 32.1 Å². The molecule has 48 heavy (non-hydrogen) atoms. The average Bonchev–Trinajstić information content (AvgIpc) is 3.03. The number of ether oxygens (including phenoxy) is 2. The van der Waals surface area contributed by atoms with E-state index in [0.717, 1.165) is 83.5 Å². The van der Waals surface area contributed by atoms with Crippen molar-refractivity contribution < 1.29 is 37.3 Å². The molecule has 0 aliphatic carbocycles. The van der Waals surface area contributed by atoms with Crippen molar-refractivity contribution in [1.29, 1.82) is 0 Å². The van der Waals surface area contributed by atoms with Crippen molar-refractivity contribution >= 4 is 13.8 Å². The number of nitrogens with zero attached hydrogens (tertiary/aromatic N) is 1. The van der Waals surface area contributed by atoms with Gasteiger partial charge < -0.3 is 27.9 Å². The molecule has 0 aliphatic rings. The number of hydrogen-bond acceptors (Lipinski definition) is 7. The molecule has 0 saturated heterocycles. The molecule has 9 heteroatoms. The summed E-state index contributed by atoms with van der Waals surface area (Å²) in [5.74, 6) is -0.354. The first-order chi connectivity index (χ1) is 23.1. The van der Waals surface area contributed by atoms with Crippen LogP contribution in [0.15, 0.2) is 48.6 Å². The molecule has 0 N–H and O–H groups in total. The lowest BCUT2D eigenvalue weighted by Gasteiger charge is -2.28. The number of rotatable bonds is 34. The Labute approximate surface area is 295 Å². The SMILES string of the molecule is CC/C=C\C/C=C\C/C=C\CCCCCCCCOCC(COP(=O)([O-])OCC[N+](C)(C)C)OC(=O)CCCCCCC/C=C\CCC. The van der Waals surface area contributed by atoms with Crippen molar-refractivity contribution in [3.8, 4) is 0 Å². The van der Waals surface area contributed by atoms with E-state index in [0.29, 0.717) is 24.1 Å². The van der Waals surface area contributed by atoms with Crippen molar-refractivity contribution in [2.45, 2.75) is 142 Å². The van der Waals surface area contributed by atoms with Crippen LogP contribution in [0.1, 0.15) is 136 Å². The highest BCUT2D eigenvalue weighted by molar-refractivity contribution is 7.45. The number of quaternary nitrogens is 1. The molecule has 0 bridgehead atoms. The summed E-state index contributed by atoms with van der Waals surface area (Å²) in [4.78, 5) is 24.9. The third-order valence-corrected chi connectivity index (χ3v) is 8.56. The lowest BCUT2D eigenvalue weighted by Crippen LogP contribution is -2.37. The smallest absolute Gasteiger partial charge is 0.306 e. The molecule has 0 amide bonds. The van der Waals surface area contributed by atoms with Crippen molar-refractivity contribution in [1.82, 2.24) is 0 Å². The number of allylic oxidation sites excluding steroid dienone is 8. The van der Waals surface area contributed by atoms with Gasteiger partial charge in [0.25, 0.3) is 7.82 Å². The van der Waals surface area contributed by atoms with Gasteiger partial charge in [0.1, 0.15) is 19.3 Å². The molecule has 0 aliphatic heterocycles. The van der Waals surface area contributed by atoms with Gasteiger partial charge in [-0.3, -0.25) is 9.36 Å². The number of carbonyl (C=O) groups excluding carboxylic acids is 1. The zero-order chi connectivity index (χ0) is 35.6. The predicted octanol–water partition coefficient (Wildman–Crippen LogP) is 9.80. The van der Waals surface area contributed by atoms with E-state index in [4.69, 9.17) is 18.5 Å². The van der Waals surface area contributed by atoms with Crippen LogP contribution in [0, 0.1) is 0 Å². The first-order valence-corrected chi connectivity index (χ1v) is 20.3. The lowest BCUT2D eigenvalue weighted by molar-refractivity contribution is -0.870. The van der Waals surface area contributed by atoms with Crippen LogP contribution in [-0.4, -0.2) is 70.7 Å². The molecule has 0 aromatic heterocycles. The van der Waals surface area contributed by atoms with Gasteiger partial charge in [-0.05, 0) is 64.2 Å². The molecule has 0 fully saturated rings. The minimum absolute atomic E-state index is 0.0198. The standard InChI is InChI=1S/C39H72NO7P/c1-6-8-10-12-14-16-18-19-20-21-22-23-25-27-29-31-34-44-36-38(37-46-48(42,43)45-35-33-40(3,4)5)47-39(41)32-30-28-26-24-17-15-13-11-9-7-2/h8,10-11,13-14,16,19-20,38H,6-7,9,12,15,17-18,21-37H2,1-5H3/b10-8-,13-11-,16-14-,20-19-. The van der Waals surface area contributed by atoms with Crippen molar-refractivity contribution in [2.75, 3.05) is 54.1 Å². The zero-order valence-electron chi connectivity index (χ0n) is 31.4. The quantitative estimate of drug-likeness (QED) is 0.0217. The van der Waals surface area contributed by atoms with E-state index in [2.05, 4.69) is 62.5 Å². The fourth-order valence-corrected chi connectivity index (χ4v) is 5.41. The second kappa shape index (κ2) is 32.7. The van der Waals surface area contributed by atoms with E-state index in [9.17, 15) is 14.3 Å². The zero-order valence-corrected chi connectivity index (χ0v) is 32.3. The Morgan fingerprint density at radius 3 is 1.83 bits per heavy atom. The van der Waals surface area contributed by atoms with Gasteiger partial charge >= 0.3 is 5.97 Å². The summed E-state index contributed by atoms with van der Waals surface area (Å²) in [5.41, 5.74) is 0. The summed E-state index contributed by atoms with van der Waals surface area (Å²) in [5, 5.41) is 0. The van der Waals surface area contributed by atoms with Crippen LogP contribution < -0.4 is 4.89 Å². The molecule has 2 unspecified atom stereocenters. The maximum absolute atomic E-state index is 12.6. The monoisotopic (exact) mass is 698 g/mol. The number of likely N-dealkylation sites (N-methyl/N-ethyl adjacent to an activating group) is 1. The van der Waals surface area contributed by atoms with Crippen molar-refractivity contribution in [2.24, 2.45) is 0 Å². The van der Waals surface area contributed by atoms with Crippen LogP contribution >= 0.6 is 7.82 Å². The molecule has 0 saturated carbocycles. The highest BCUT2D eigenvalue weighted by Gasteiger charge is 2.20. The fraction of sp³-hybridized carbons (Fsp3) is 0.769. The van der Waals surface area contributed by atoms with E-state index in [-0.39, 0.29) is 25.8 Å². The van der Waals surface area contributed by atoms with Gasteiger partial charge in [-0.15, -0.1) is 0 Å². The Morgan fingerprint density at radius 1 is 0.667 bits per heavy atom. The summed E-state index contributed by atoms with van der Waals surface area (Å²) >= 11 is 0. The minimum atomic E-state index is -4.52. The molecular formula is C39H72NO7P. The van der Waals surface area contributed by atoms with Gasteiger partial charge in [-0.2, -0.15) is 0 Å². The van der Waals surface area contributed by atoms with E-state index in [1.807, 2.05) is 21.1 Å². The summed E-state index contributed by atoms with van der Waals surface area (Å²) in [7, 11) is 1.33. The van der Waals surface area contributed by atoms with Crippen LogP contribution in [0.2, 0.25) is 0 Å². The lowest BCUT2D eigenvalue weighted by atomic mass is 10.1. The van der Waals surface area contributed by atoms with Gasteiger partial charge in [0.05, 0.1) is 34.4 Å². The number of hydrogen-bond donors (Lipinski definition) is 0. The first kappa shape index (κ1) is 46.5. The van der Waals surface area contributed by atoms with Crippen LogP contribution in [-0.2, 0) is 27.9 Å². The molecule has 0 radical (unpaired) electrons. The Hall–Kier alpha value is -1.54. The van der Waals surface area contributed by atoms with Crippen molar-refractivity contribution in [3.63, 3.8) is 0 Å². The molecular weight excluding hydrogens is 625 g/mol. The van der Waals surface area contributed by atoms with Gasteiger partial charge in [-0.25, -0.2) is 0 Å². The maximum atomic E-state index is 12.6. The van der Waals surface area contributed by atoms with Gasteiger partial charge in [0.15, 0.2) is 0 Å². The molecule has 0 spiro atoms. The Kier molecular flexibility index (Phi) is 31.6. The van der Waals surface area contributed by atoms with Crippen LogP contribution in [0.4, 0.5) is 0 Å². The van der Waals surface area contributed by atoms with Gasteiger partial charge in [0, 0.05) is 13.0 Å². The number of phosphoric ester groups is 1. The van der Waals surface area contributed by atoms with Crippen LogP contribution in [0.5, 0.6) is 0 Å². The van der Waals surface area contributed by atoms with E-state index in [1.54, 1.807) is 0 Å². The summed E-state index contributed by atoms with van der Waals surface area (Å²) in [6.07, 6.45) is 36.9. The molecule has 0 aromatic carbocycles. The second-order valence-corrected chi connectivity index (χ2v) is 15.0. The predicted molar refractivity (Wildman–Crippen MR) is 199 cm³/mol. The Bertz CT molecular complexity index is 911. The summed E-state index contributed by atoms with van der Waals surface area (Å²) < 4.78 is 34.4. The molecule has 0 heterocycles. The van der Waals surface area contributed by atoms with Crippen LogP contribution in [0.25, 0.3) is 0 Å². The maximum Gasteiger partial charge on any atom is 0.306 e. The third-order valence-electron chi connectivity index (χ3n) is 7.60. The highest BCUT2D eigenvalue weighted by Crippen LogP contribution is 2.38. The normalized spacial score (nSPS) is 14.5. The minimum Gasteiger partial charge on any atom is -0.756 e. The Balaban J connectivity index is 4.32. The summed E-state index contributed by atoms with van der Waals surface area (Å²) in [6.45, 7) is 5.17. The van der Waals surface area contributed by atoms with Crippen molar-refractivity contribution in [3.05, 3.63) is 48.6 Å². The number of unbranched alkanes of at least 4 members (excludes halogenated alkanes) is 12. The molecule has 2 atom stereocenters. The van der Waals surface area contributed by atoms with E-state index < -0.39 is 13.9 Å². The van der Waals surface area contributed by atoms with E-state index >= 15 is 0 Å². The molecule has 0 rings (SSSR count). The first-order valence-electron chi connectivity index (χ1n) is 18.9. The van der Waals surface area contributed by atoms with Gasteiger partial charge in [0.2, 0.25) is 0 Å². The van der Waals surface area contributed by atoms with Crippen LogP contribution in [0.3, 0.4) is 0 Å². The Morgan fingerprint density at radius 2 is 1.21 bits per heavy atom. The largest absolute Gasteiger partial charge is 0.756 e.